The predicted octanol–water partition coefficient (Wildman–Crippen LogP) is 3.68. The normalized spacial score (nSPS) is 26.3. The van der Waals surface area contributed by atoms with Gasteiger partial charge in [-0.1, -0.05) is 79.2 Å². The van der Waals surface area contributed by atoms with Crippen LogP contribution in [0.15, 0.2) is 65.8 Å². The van der Waals surface area contributed by atoms with Gasteiger partial charge in [0.25, 0.3) is 0 Å². The molecule has 0 radical (unpaired) electrons. The van der Waals surface area contributed by atoms with E-state index in [9.17, 15) is 5.21 Å². The summed E-state index contributed by atoms with van der Waals surface area (Å²) in [6.45, 7) is 2.19. The SMILES string of the molecule is CCC[C@@H]1/C(=N/O)C[C@@H](c2ccccc2)[NH2+][C@@H]1c1ccccc1. The smallest absolute Gasteiger partial charge is 0.120 e. The van der Waals surface area contributed by atoms with Crippen molar-refractivity contribution in [2.75, 3.05) is 0 Å². The first-order valence-corrected chi connectivity index (χ1v) is 8.49. The fourth-order valence-electron chi connectivity index (χ4n) is 3.76. The van der Waals surface area contributed by atoms with Crippen molar-refractivity contribution >= 4 is 5.71 Å². The van der Waals surface area contributed by atoms with E-state index in [1.165, 1.54) is 11.1 Å². The second kappa shape index (κ2) is 7.42. The van der Waals surface area contributed by atoms with Crippen molar-refractivity contribution in [1.29, 1.82) is 0 Å². The number of quaternary nitrogens is 1. The van der Waals surface area contributed by atoms with Crippen LogP contribution < -0.4 is 5.32 Å². The van der Waals surface area contributed by atoms with Gasteiger partial charge >= 0.3 is 0 Å². The fraction of sp³-hybridized carbons (Fsp3) is 0.350. The quantitative estimate of drug-likeness (QED) is 0.657. The summed E-state index contributed by atoms with van der Waals surface area (Å²) in [5.74, 6) is 0.298. The van der Waals surface area contributed by atoms with Gasteiger partial charge in [-0.3, -0.25) is 0 Å². The van der Waals surface area contributed by atoms with Gasteiger partial charge in [0, 0.05) is 17.5 Å². The highest BCUT2D eigenvalue weighted by Gasteiger charge is 2.39. The van der Waals surface area contributed by atoms with Gasteiger partial charge in [0.05, 0.1) is 11.6 Å². The third-order valence-electron chi connectivity index (χ3n) is 4.87. The van der Waals surface area contributed by atoms with Gasteiger partial charge in [0.15, 0.2) is 0 Å². The van der Waals surface area contributed by atoms with Crippen molar-refractivity contribution in [2.45, 2.75) is 38.3 Å². The van der Waals surface area contributed by atoms with Gasteiger partial charge in [0.1, 0.15) is 12.1 Å². The van der Waals surface area contributed by atoms with Crippen molar-refractivity contribution in [3.05, 3.63) is 71.8 Å². The first-order valence-electron chi connectivity index (χ1n) is 8.49. The molecule has 1 fully saturated rings. The number of nitrogens with zero attached hydrogens (tertiary/aromatic N) is 1. The van der Waals surface area contributed by atoms with Crippen molar-refractivity contribution in [3.63, 3.8) is 0 Å². The molecule has 0 spiro atoms. The zero-order valence-electron chi connectivity index (χ0n) is 13.6. The van der Waals surface area contributed by atoms with Crippen molar-refractivity contribution in [3.8, 4) is 0 Å². The second-order valence-electron chi connectivity index (χ2n) is 6.34. The van der Waals surface area contributed by atoms with Crippen molar-refractivity contribution in [2.24, 2.45) is 11.1 Å². The Morgan fingerprint density at radius 1 is 1.00 bits per heavy atom. The maximum Gasteiger partial charge on any atom is 0.120 e. The molecule has 120 valence electrons. The van der Waals surface area contributed by atoms with Crippen LogP contribution >= 0.6 is 0 Å². The Kier molecular flexibility index (Phi) is 5.09. The Balaban J connectivity index is 1.95. The van der Waals surface area contributed by atoms with Gasteiger partial charge < -0.3 is 10.5 Å². The van der Waals surface area contributed by atoms with E-state index in [-0.39, 0.29) is 0 Å². The summed E-state index contributed by atoms with van der Waals surface area (Å²) >= 11 is 0. The highest BCUT2D eigenvalue weighted by Crippen LogP contribution is 2.32. The number of nitrogens with two attached hydrogens (primary N) is 1. The molecular formula is C20H25N2O+. The van der Waals surface area contributed by atoms with Crippen LogP contribution in [-0.2, 0) is 0 Å². The largest absolute Gasteiger partial charge is 0.411 e. The average Bonchev–Trinajstić information content (AvgIpc) is 2.63. The van der Waals surface area contributed by atoms with Crippen LogP contribution in [-0.4, -0.2) is 10.9 Å². The van der Waals surface area contributed by atoms with E-state index in [2.05, 4.69) is 72.0 Å². The molecule has 1 aliphatic rings. The highest BCUT2D eigenvalue weighted by molar-refractivity contribution is 5.88. The second-order valence-corrected chi connectivity index (χ2v) is 6.34. The summed E-state index contributed by atoms with van der Waals surface area (Å²) in [5.41, 5.74) is 3.55. The summed E-state index contributed by atoms with van der Waals surface area (Å²) < 4.78 is 0. The van der Waals surface area contributed by atoms with Crippen LogP contribution in [0.1, 0.15) is 49.4 Å². The van der Waals surface area contributed by atoms with E-state index < -0.39 is 0 Å². The van der Waals surface area contributed by atoms with Crippen LogP contribution in [0.25, 0.3) is 0 Å². The third-order valence-corrected chi connectivity index (χ3v) is 4.87. The lowest BCUT2D eigenvalue weighted by Crippen LogP contribution is -2.90. The first kappa shape index (κ1) is 15.8. The molecule has 3 N–H and O–H groups in total. The molecule has 0 amide bonds. The number of piperidine rings is 1. The molecule has 0 bridgehead atoms. The summed E-state index contributed by atoms with van der Waals surface area (Å²) in [7, 11) is 0. The van der Waals surface area contributed by atoms with Gasteiger partial charge in [0.2, 0.25) is 0 Å². The minimum Gasteiger partial charge on any atom is -0.411 e. The van der Waals surface area contributed by atoms with Crippen LogP contribution in [0.5, 0.6) is 0 Å². The molecule has 1 aliphatic heterocycles. The maximum absolute atomic E-state index is 9.59. The number of oxime groups is 1. The van der Waals surface area contributed by atoms with Gasteiger partial charge in [-0.15, -0.1) is 0 Å². The monoisotopic (exact) mass is 309 g/mol. The Hall–Kier alpha value is -2.13. The molecule has 23 heavy (non-hydrogen) atoms. The lowest BCUT2D eigenvalue weighted by molar-refractivity contribution is -0.742. The number of hydrogen-bond donors (Lipinski definition) is 2. The van der Waals surface area contributed by atoms with Crippen LogP contribution in [0.4, 0.5) is 0 Å². The molecular weight excluding hydrogens is 284 g/mol. The van der Waals surface area contributed by atoms with Gasteiger partial charge in [-0.05, 0) is 6.42 Å². The van der Waals surface area contributed by atoms with Gasteiger partial charge in [-0.25, -0.2) is 0 Å². The molecule has 0 unspecified atom stereocenters. The molecule has 0 aliphatic carbocycles. The molecule has 3 heteroatoms. The zero-order chi connectivity index (χ0) is 16.1. The summed E-state index contributed by atoms with van der Waals surface area (Å²) in [5, 5.41) is 15.7. The average molecular weight is 309 g/mol. The highest BCUT2D eigenvalue weighted by atomic mass is 16.4. The molecule has 2 aromatic carbocycles. The van der Waals surface area contributed by atoms with Gasteiger partial charge in [-0.2, -0.15) is 0 Å². The minimum atomic E-state index is 0.298. The third kappa shape index (κ3) is 3.45. The van der Waals surface area contributed by atoms with Crippen LogP contribution in [0.3, 0.4) is 0 Å². The standard InChI is InChI=1S/C20H24N2O/c1-2-9-17-19(22-23)14-18(15-10-5-3-6-11-15)21-20(17)16-12-7-4-8-13-16/h3-8,10-13,17-18,20-21,23H,2,9,14H2,1H3/p+1/b22-19+/t17-,18+,20-/m1/s1. The molecule has 3 atom stereocenters. The lowest BCUT2D eigenvalue weighted by Gasteiger charge is -2.35. The fourth-order valence-corrected chi connectivity index (χ4v) is 3.76. The minimum absolute atomic E-state index is 0.298. The molecule has 3 nitrogen and oxygen atoms in total. The molecule has 0 saturated carbocycles. The first-order chi connectivity index (χ1) is 11.3. The Morgan fingerprint density at radius 3 is 2.17 bits per heavy atom. The molecule has 1 saturated heterocycles. The predicted molar refractivity (Wildman–Crippen MR) is 92.5 cm³/mol. The number of benzene rings is 2. The Labute approximate surface area is 138 Å². The van der Waals surface area contributed by atoms with E-state index >= 15 is 0 Å². The Bertz CT molecular complexity index is 639. The van der Waals surface area contributed by atoms with E-state index in [0.29, 0.717) is 18.0 Å². The van der Waals surface area contributed by atoms with E-state index in [1.54, 1.807) is 0 Å². The van der Waals surface area contributed by atoms with Crippen molar-refractivity contribution in [1.82, 2.24) is 0 Å². The summed E-state index contributed by atoms with van der Waals surface area (Å²) in [4.78, 5) is 0. The summed E-state index contributed by atoms with van der Waals surface area (Å²) in [6, 6.07) is 21.8. The molecule has 1 heterocycles. The van der Waals surface area contributed by atoms with E-state index in [1.807, 2.05) is 6.07 Å². The number of hydrogen-bond acceptors (Lipinski definition) is 2. The topological polar surface area (TPSA) is 49.2 Å². The lowest BCUT2D eigenvalue weighted by atomic mass is 9.78. The van der Waals surface area contributed by atoms with Crippen LogP contribution in [0, 0.1) is 5.92 Å². The van der Waals surface area contributed by atoms with E-state index in [0.717, 1.165) is 25.0 Å². The zero-order valence-corrected chi connectivity index (χ0v) is 13.6. The molecule has 3 rings (SSSR count). The van der Waals surface area contributed by atoms with E-state index in [4.69, 9.17) is 0 Å². The summed E-state index contributed by atoms with van der Waals surface area (Å²) in [6.07, 6.45) is 2.96. The molecule has 0 aromatic heterocycles. The van der Waals surface area contributed by atoms with Crippen LogP contribution in [0.2, 0.25) is 0 Å². The number of rotatable bonds is 4. The maximum atomic E-state index is 9.59. The molecule has 2 aromatic rings. The van der Waals surface area contributed by atoms with Crippen molar-refractivity contribution < 1.29 is 10.5 Å². The Morgan fingerprint density at radius 2 is 1.61 bits per heavy atom.